The van der Waals surface area contributed by atoms with Crippen LogP contribution in [0.2, 0.25) is 0 Å². The van der Waals surface area contributed by atoms with Crippen LogP contribution in [0.4, 0.5) is 4.39 Å². The van der Waals surface area contributed by atoms with Crippen LogP contribution in [0.15, 0.2) is 60.2 Å². The van der Waals surface area contributed by atoms with Gasteiger partial charge >= 0.3 is 0 Å². The Morgan fingerprint density at radius 1 is 1.12 bits per heavy atom. The highest BCUT2D eigenvalue weighted by Crippen LogP contribution is 2.39. The fraction of sp³-hybridized carbons (Fsp3) is 0.200. The number of nitrogens with zero attached hydrogens (tertiary/aromatic N) is 1. The van der Waals surface area contributed by atoms with Gasteiger partial charge in [-0.1, -0.05) is 42.5 Å². The minimum atomic E-state index is -0.800. The van der Waals surface area contributed by atoms with Gasteiger partial charge in [0.25, 0.3) is 11.7 Å². The number of rotatable bonds is 5. The molecule has 1 amide bonds. The third-order valence-electron chi connectivity index (χ3n) is 4.31. The van der Waals surface area contributed by atoms with E-state index < -0.39 is 23.5 Å². The predicted octanol–water partition coefficient (Wildman–Crippen LogP) is 2.89. The zero-order valence-corrected chi connectivity index (χ0v) is 14.2. The molecule has 2 aromatic carbocycles. The number of halogens is 1. The van der Waals surface area contributed by atoms with E-state index in [1.165, 1.54) is 36.3 Å². The van der Waals surface area contributed by atoms with Crippen molar-refractivity contribution >= 4 is 17.4 Å². The van der Waals surface area contributed by atoms with E-state index in [0.717, 1.165) is 0 Å². The molecule has 3 rings (SSSR count). The van der Waals surface area contributed by atoms with Gasteiger partial charge in [0.1, 0.15) is 11.6 Å². The van der Waals surface area contributed by atoms with Crippen LogP contribution in [0.25, 0.3) is 5.76 Å². The Labute approximate surface area is 150 Å². The normalized spacial score (nSPS) is 19.2. The maximum Gasteiger partial charge on any atom is 0.295 e. The molecule has 26 heavy (non-hydrogen) atoms. The molecule has 0 aliphatic carbocycles. The number of aliphatic hydroxyl groups is 1. The van der Waals surface area contributed by atoms with Crippen LogP contribution < -0.4 is 0 Å². The van der Waals surface area contributed by atoms with Crippen molar-refractivity contribution in [2.75, 3.05) is 20.3 Å². The van der Waals surface area contributed by atoms with Crippen LogP contribution in [0.5, 0.6) is 0 Å². The van der Waals surface area contributed by atoms with Gasteiger partial charge in [0.15, 0.2) is 0 Å². The molecule has 0 spiro atoms. The van der Waals surface area contributed by atoms with E-state index in [2.05, 4.69) is 0 Å². The van der Waals surface area contributed by atoms with Crippen LogP contribution in [-0.2, 0) is 14.3 Å². The lowest BCUT2D eigenvalue weighted by atomic mass is 9.95. The Kier molecular flexibility index (Phi) is 5.14. The molecule has 2 aromatic rings. The SMILES string of the molecule is COCCN1C(=O)C(=O)C(=C(O)c2ccccc2)[C@H]1c1ccc(F)cc1. The molecule has 1 aliphatic heterocycles. The lowest BCUT2D eigenvalue weighted by molar-refractivity contribution is -0.140. The van der Waals surface area contributed by atoms with Gasteiger partial charge in [-0.15, -0.1) is 0 Å². The van der Waals surface area contributed by atoms with Gasteiger partial charge in [0, 0.05) is 19.2 Å². The van der Waals surface area contributed by atoms with Crippen molar-refractivity contribution in [2.24, 2.45) is 0 Å². The summed E-state index contributed by atoms with van der Waals surface area (Å²) in [5.41, 5.74) is 0.965. The standard InChI is InChI=1S/C20H18FNO4/c1-26-12-11-22-17(13-7-9-15(21)10-8-13)16(19(24)20(22)25)18(23)14-5-3-2-4-6-14/h2-10,17,23H,11-12H2,1H3/t17-/m1/s1. The molecule has 0 saturated carbocycles. The minimum Gasteiger partial charge on any atom is -0.507 e. The van der Waals surface area contributed by atoms with Gasteiger partial charge in [-0.2, -0.15) is 0 Å². The number of methoxy groups -OCH3 is 1. The molecule has 0 unspecified atom stereocenters. The molecular weight excluding hydrogens is 337 g/mol. The van der Waals surface area contributed by atoms with E-state index >= 15 is 0 Å². The Morgan fingerprint density at radius 3 is 2.38 bits per heavy atom. The Balaban J connectivity index is 2.15. The molecule has 1 fully saturated rings. The highest BCUT2D eigenvalue weighted by atomic mass is 19.1. The number of hydrogen-bond donors (Lipinski definition) is 1. The van der Waals surface area contributed by atoms with Gasteiger partial charge in [0.05, 0.1) is 18.2 Å². The first kappa shape index (κ1) is 17.8. The van der Waals surface area contributed by atoms with Crippen LogP contribution >= 0.6 is 0 Å². The van der Waals surface area contributed by atoms with E-state index in [0.29, 0.717) is 11.1 Å². The minimum absolute atomic E-state index is 0.0103. The van der Waals surface area contributed by atoms with Gasteiger partial charge < -0.3 is 14.7 Å². The summed E-state index contributed by atoms with van der Waals surface area (Å²) in [4.78, 5) is 26.5. The van der Waals surface area contributed by atoms with Crippen molar-refractivity contribution in [1.29, 1.82) is 0 Å². The molecule has 0 radical (unpaired) electrons. The van der Waals surface area contributed by atoms with Crippen LogP contribution in [0.1, 0.15) is 17.2 Å². The van der Waals surface area contributed by atoms with E-state index in [-0.39, 0.29) is 24.5 Å². The number of Topliss-reactive ketones (excluding diaryl/α,β-unsaturated/α-hetero) is 1. The van der Waals surface area contributed by atoms with Gasteiger partial charge in [0.2, 0.25) is 0 Å². The zero-order valence-electron chi connectivity index (χ0n) is 14.2. The Hall–Kier alpha value is -2.99. The summed E-state index contributed by atoms with van der Waals surface area (Å²) >= 11 is 0. The maximum absolute atomic E-state index is 13.3. The first-order valence-corrected chi connectivity index (χ1v) is 8.13. The number of amides is 1. The highest BCUT2D eigenvalue weighted by molar-refractivity contribution is 6.46. The van der Waals surface area contributed by atoms with Crippen molar-refractivity contribution in [3.8, 4) is 0 Å². The summed E-state index contributed by atoms with van der Waals surface area (Å²) in [7, 11) is 1.49. The number of hydrogen-bond acceptors (Lipinski definition) is 4. The van der Waals surface area contributed by atoms with Crippen LogP contribution in [0, 0.1) is 5.82 Å². The number of likely N-dealkylation sites (tertiary alicyclic amines) is 1. The van der Waals surface area contributed by atoms with Crippen molar-refractivity contribution in [3.63, 3.8) is 0 Å². The largest absolute Gasteiger partial charge is 0.507 e. The molecule has 1 N–H and O–H groups in total. The second-order valence-electron chi connectivity index (χ2n) is 5.90. The molecular formula is C20H18FNO4. The summed E-state index contributed by atoms with van der Waals surface area (Å²) in [5.74, 6) is -2.16. The molecule has 0 aromatic heterocycles. The lowest BCUT2D eigenvalue weighted by Crippen LogP contribution is -2.32. The van der Waals surface area contributed by atoms with Crippen LogP contribution in [0.3, 0.4) is 0 Å². The van der Waals surface area contributed by atoms with Crippen molar-refractivity contribution in [3.05, 3.63) is 77.1 Å². The third kappa shape index (κ3) is 3.23. The number of ether oxygens (including phenoxy) is 1. The van der Waals surface area contributed by atoms with Gasteiger partial charge in [-0.05, 0) is 17.7 Å². The zero-order chi connectivity index (χ0) is 18.7. The first-order chi connectivity index (χ1) is 12.5. The van der Waals surface area contributed by atoms with E-state index in [1.807, 2.05) is 0 Å². The summed E-state index contributed by atoms with van der Waals surface area (Å²) in [6.45, 7) is 0.408. The fourth-order valence-corrected chi connectivity index (χ4v) is 3.04. The molecule has 6 heteroatoms. The van der Waals surface area contributed by atoms with Gasteiger partial charge in [-0.3, -0.25) is 9.59 Å². The number of carbonyl (C=O) groups is 2. The summed E-state index contributed by atoms with van der Waals surface area (Å²) < 4.78 is 18.3. The predicted molar refractivity (Wildman–Crippen MR) is 93.7 cm³/mol. The third-order valence-corrected chi connectivity index (χ3v) is 4.31. The first-order valence-electron chi connectivity index (χ1n) is 8.13. The molecule has 1 heterocycles. The molecule has 1 saturated heterocycles. The smallest absolute Gasteiger partial charge is 0.295 e. The lowest BCUT2D eigenvalue weighted by Gasteiger charge is -2.25. The van der Waals surface area contributed by atoms with Crippen molar-refractivity contribution in [1.82, 2.24) is 4.90 Å². The quantitative estimate of drug-likeness (QED) is 0.509. The average Bonchev–Trinajstić information content (AvgIpc) is 2.91. The second kappa shape index (κ2) is 7.49. The monoisotopic (exact) mass is 355 g/mol. The maximum atomic E-state index is 13.3. The van der Waals surface area contributed by atoms with E-state index in [9.17, 15) is 19.1 Å². The number of ketones is 1. The summed E-state index contributed by atoms with van der Waals surface area (Å²) in [5, 5.41) is 10.7. The summed E-state index contributed by atoms with van der Waals surface area (Å²) in [6.07, 6.45) is 0. The van der Waals surface area contributed by atoms with Crippen molar-refractivity contribution in [2.45, 2.75) is 6.04 Å². The number of aliphatic hydroxyl groups excluding tert-OH is 1. The average molecular weight is 355 g/mol. The molecule has 1 atom stereocenters. The molecule has 5 nitrogen and oxygen atoms in total. The number of benzene rings is 2. The Morgan fingerprint density at radius 2 is 1.77 bits per heavy atom. The van der Waals surface area contributed by atoms with E-state index in [4.69, 9.17) is 4.74 Å². The number of carbonyl (C=O) groups excluding carboxylic acids is 2. The molecule has 134 valence electrons. The van der Waals surface area contributed by atoms with Crippen molar-refractivity contribution < 1.29 is 23.8 Å². The second-order valence-corrected chi connectivity index (χ2v) is 5.90. The molecule has 1 aliphatic rings. The topological polar surface area (TPSA) is 66.8 Å². The fourth-order valence-electron chi connectivity index (χ4n) is 3.04. The Bertz CT molecular complexity index is 846. The highest BCUT2D eigenvalue weighted by Gasteiger charge is 2.45. The molecule has 0 bridgehead atoms. The van der Waals surface area contributed by atoms with Crippen LogP contribution in [-0.4, -0.2) is 42.0 Å². The van der Waals surface area contributed by atoms with E-state index in [1.54, 1.807) is 30.3 Å². The van der Waals surface area contributed by atoms with Gasteiger partial charge in [-0.25, -0.2) is 4.39 Å². The summed E-state index contributed by atoms with van der Waals surface area (Å²) in [6, 6.07) is 13.3.